The molecule has 0 fully saturated rings. The van der Waals surface area contributed by atoms with Gasteiger partial charge in [0.1, 0.15) is 0 Å². The Hall–Kier alpha value is -0.271. The average Bonchev–Trinajstić information content (AvgIpc) is 1.35. The molecular weight excluding hydrogens is 144 g/mol. The van der Waals surface area contributed by atoms with Crippen molar-refractivity contribution in [3.8, 4) is 0 Å². The van der Waals surface area contributed by atoms with Gasteiger partial charge in [-0.25, -0.2) is 0 Å². The maximum atomic E-state index is 9.75. The average molecular weight is 150 g/mol. The molecule has 0 aromatic carbocycles. The minimum Gasteiger partial charge on any atom is -0.435 e. The molecule has 3 heteroatoms. The number of carbonyl (C=O) groups excluding carboxylic acids is 1. The predicted molar refractivity (Wildman–Crippen MR) is 22.0 cm³/mol. The van der Waals surface area contributed by atoms with Crippen molar-refractivity contribution in [2.75, 3.05) is 0 Å². The van der Waals surface area contributed by atoms with Crippen molar-refractivity contribution in [3.63, 3.8) is 0 Å². The fourth-order valence-electron chi connectivity index (χ4n) is 0.117. The largest absolute Gasteiger partial charge is 0.435 e. The standard InChI is InChI=1S/C4H6O2.Cu/c1-3-6-4(2)5;/h3H,1H2,2H3;. The van der Waals surface area contributed by atoms with E-state index in [4.69, 9.17) is 0 Å². The van der Waals surface area contributed by atoms with Gasteiger partial charge in [-0.05, 0) is 0 Å². The van der Waals surface area contributed by atoms with E-state index < -0.39 is 0 Å². The van der Waals surface area contributed by atoms with Crippen LogP contribution in [-0.2, 0) is 26.6 Å². The summed E-state index contributed by atoms with van der Waals surface area (Å²) in [5.41, 5.74) is 0. The molecule has 0 N–H and O–H groups in total. The van der Waals surface area contributed by atoms with Crippen LogP contribution in [0.25, 0.3) is 0 Å². The zero-order chi connectivity index (χ0) is 4.99. The van der Waals surface area contributed by atoms with Crippen LogP contribution < -0.4 is 0 Å². The normalized spacial score (nSPS) is 5.86. The molecule has 0 rings (SSSR count). The Morgan fingerprint density at radius 2 is 2.29 bits per heavy atom. The van der Waals surface area contributed by atoms with Gasteiger partial charge in [0, 0.05) is 24.0 Å². The van der Waals surface area contributed by atoms with Crippen molar-refractivity contribution in [1.82, 2.24) is 0 Å². The van der Waals surface area contributed by atoms with E-state index in [1.807, 2.05) is 0 Å². The number of hydrogen-bond donors (Lipinski definition) is 0. The predicted octanol–water partition coefficient (Wildman–Crippen LogP) is 0.690. The molecule has 0 saturated heterocycles. The molecule has 2 nitrogen and oxygen atoms in total. The number of esters is 1. The molecule has 0 saturated carbocycles. The van der Waals surface area contributed by atoms with Crippen molar-refractivity contribution >= 4 is 5.97 Å². The first kappa shape index (κ1) is 9.88. The molecule has 0 aromatic heterocycles. The van der Waals surface area contributed by atoms with Gasteiger partial charge in [0.05, 0.1) is 6.26 Å². The Labute approximate surface area is 53.0 Å². The minimum absolute atomic E-state index is 0. The first-order valence-electron chi connectivity index (χ1n) is 1.55. The molecule has 0 amide bonds. The van der Waals surface area contributed by atoms with Crippen LogP contribution >= 0.6 is 0 Å². The summed E-state index contributed by atoms with van der Waals surface area (Å²) in [4.78, 5) is 9.75. The Kier molecular flexibility index (Phi) is 8.08. The van der Waals surface area contributed by atoms with E-state index >= 15 is 0 Å². The van der Waals surface area contributed by atoms with Gasteiger partial charge in [-0.3, -0.25) is 4.79 Å². The first-order chi connectivity index (χ1) is 2.77. The molecule has 0 spiro atoms. The monoisotopic (exact) mass is 149 g/mol. The van der Waals surface area contributed by atoms with Gasteiger partial charge in [0.25, 0.3) is 0 Å². The molecule has 0 atom stereocenters. The van der Waals surface area contributed by atoms with Crippen molar-refractivity contribution in [1.29, 1.82) is 0 Å². The van der Waals surface area contributed by atoms with Gasteiger partial charge in [-0.15, -0.1) is 0 Å². The Balaban J connectivity index is 0. The number of hydrogen-bond acceptors (Lipinski definition) is 2. The molecule has 0 aliphatic carbocycles. The minimum atomic E-state index is -0.329. The van der Waals surface area contributed by atoms with Crippen LogP contribution in [0.15, 0.2) is 12.8 Å². The van der Waals surface area contributed by atoms with Gasteiger partial charge in [-0.2, -0.15) is 0 Å². The fourth-order valence-corrected chi connectivity index (χ4v) is 0.117. The van der Waals surface area contributed by atoms with Crippen LogP contribution in [0, 0.1) is 0 Å². The molecule has 0 heterocycles. The van der Waals surface area contributed by atoms with E-state index in [-0.39, 0.29) is 23.0 Å². The van der Waals surface area contributed by atoms with E-state index in [1.165, 1.54) is 6.92 Å². The number of carbonyl (C=O) groups is 1. The van der Waals surface area contributed by atoms with Gasteiger partial charge in [-0.1, -0.05) is 6.58 Å². The molecule has 0 bridgehead atoms. The zero-order valence-electron chi connectivity index (χ0n) is 3.90. The molecule has 0 aromatic rings. The number of ether oxygens (including phenoxy) is 1. The molecule has 7 heavy (non-hydrogen) atoms. The van der Waals surface area contributed by atoms with E-state index in [9.17, 15) is 4.79 Å². The molecule has 1 radical (unpaired) electrons. The van der Waals surface area contributed by atoms with Crippen LogP contribution in [0.5, 0.6) is 0 Å². The second-order valence-electron chi connectivity index (χ2n) is 0.776. The smallest absolute Gasteiger partial charge is 0.307 e. The molecule has 0 unspecified atom stereocenters. The van der Waals surface area contributed by atoms with Crippen molar-refractivity contribution in [2.24, 2.45) is 0 Å². The molecule has 0 aliphatic rings. The third-order valence-corrected chi connectivity index (χ3v) is 0.249. The summed E-state index contributed by atoms with van der Waals surface area (Å²) in [7, 11) is 0. The second-order valence-corrected chi connectivity index (χ2v) is 0.776. The Morgan fingerprint density at radius 3 is 2.29 bits per heavy atom. The van der Waals surface area contributed by atoms with Gasteiger partial charge < -0.3 is 4.74 Å². The fraction of sp³-hybridized carbons (Fsp3) is 0.250. The molecule has 45 valence electrons. The topological polar surface area (TPSA) is 26.3 Å². The first-order valence-corrected chi connectivity index (χ1v) is 1.55. The summed E-state index contributed by atoms with van der Waals surface area (Å²) < 4.78 is 4.17. The van der Waals surface area contributed by atoms with E-state index in [0.29, 0.717) is 0 Å². The summed E-state index contributed by atoms with van der Waals surface area (Å²) in [6.45, 7) is 4.48. The van der Waals surface area contributed by atoms with Crippen LogP contribution in [0.4, 0.5) is 0 Å². The Morgan fingerprint density at radius 1 is 1.86 bits per heavy atom. The van der Waals surface area contributed by atoms with E-state index in [2.05, 4.69) is 11.3 Å². The van der Waals surface area contributed by atoms with Gasteiger partial charge in [0.2, 0.25) is 0 Å². The molecular formula is C4H6CuO2. The van der Waals surface area contributed by atoms with Crippen LogP contribution in [0.3, 0.4) is 0 Å². The quantitative estimate of drug-likeness (QED) is 0.312. The van der Waals surface area contributed by atoms with Crippen molar-refractivity contribution in [3.05, 3.63) is 12.8 Å². The summed E-state index contributed by atoms with van der Waals surface area (Å²) in [5.74, 6) is -0.329. The second kappa shape index (κ2) is 5.73. The SMILES string of the molecule is C=COC(C)=O.[Cu]. The van der Waals surface area contributed by atoms with Crippen molar-refractivity contribution < 1.29 is 26.6 Å². The summed E-state index contributed by atoms with van der Waals surface area (Å²) in [6, 6.07) is 0. The maximum absolute atomic E-state index is 9.75. The third kappa shape index (κ3) is 10.7. The maximum Gasteiger partial charge on any atom is 0.307 e. The van der Waals surface area contributed by atoms with Crippen LogP contribution in [0.2, 0.25) is 0 Å². The number of rotatable bonds is 1. The summed E-state index contributed by atoms with van der Waals surface area (Å²) in [6.07, 6.45) is 1.10. The van der Waals surface area contributed by atoms with Gasteiger partial charge >= 0.3 is 5.97 Å². The van der Waals surface area contributed by atoms with Crippen molar-refractivity contribution in [2.45, 2.75) is 6.92 Å². The Bertz CT molecular complexity index is 70.1. The molecule has 0 aliphatic heterocycles. The van der Waals surface area contributed by atoms with Crippen LogP contribution in [-0.4, -0.2) is 5.97 Å². The van der Waals surface area contributed by atoms with E-state index in [0.717, 1.165) is 6.26 Å². The van der Waals surface area contributed by atoms with E-state index in [1.54, 1.807) is 0 Å². The summed E-state index contributed by atoms with van der Waals surface area (Å²) in [5, 5.41) is 0. The van der Waals surface area contributed by atoms with Crippen LogP contribution in [0.1, 0.15) is 6.92 Å². The van der Waals surface area contributed by atoms with Gasteiger partial charge in [0.15, 0.2) is 0 Å². The zero-order valence-corrected chi connectivity index (χ0v) is 4.84. The summed E-state index contributed by atoms with van der Waals surface area (Å²) >= 11 is 0. The third-order valence-electron chi connectivity index (χ3n) is 0.249.